The van der Waals surface area contributed by atoms with Crippen LogP contribution in [0.5, 0.6) is 0 Å². The SMILES string of the molecule is CCCCN(C1=CC(C)(C)N(C)C(C)(C)C1)c1nc(Cl)nc(N(CCCC)C2=CC(C)(C)N(C)C(C)(C)C2)n1. The van der Waals surface area contributed by atoms with Crippen LogP contribution >= 0.6 is 11.6 Å². The van der Waals surface area contributed by atoms with Gasteiger partial charge < -0.3 is 9.80 Å². The molecule has 0 saturated carbocycles. The second-order valence-electron chi connectivity index (χ2n) is 13.9. The van der Waals surface area contributed by atoms with Gasteiger partial charge in [0, 0.05) is 59.5 Å². The molecular formula is C31H54ClN7. The van der Waals surface area contributed by atoms with E-state index in [2.05, 4.69) is 115 Å². The summed E-state index contributed by atoms with van der Waals surface area (Å²) >= 11 is 6.68. The minimum Gasteiger partial charge on any atom is -0.314 e. The summed E-state index contributed by atoms with van der Waals surface area (Å²) in [6.07, 6.45) is 10.9. The van der Waals surface area contributed by atoms with E-state index in [1.807, 2.05) is 0 Å². The maximum Gasteiger partial charge on any atom is 0.235 e. The molecule has 39 heavy (non-hydrogen) atoms. The molecule has 0 spiro atoms. The third-order valence-electron chi connectivity index (χ3n) is 9.04. The highest BCUT2D eigenvalue weighted by Crippen LogP contribution is 2.40. The summed E-state index contributed by atoms with van der Waals surface area (Å²) in [5, 5.41) is 0.247. The summed E-state index contributed by atoms with van der Waals surface area (Å²) < 4.78 is 0. The van der Waals surface area contributed by atoms with E-state index in [0.29, 0.717) is 11.9 Å². The molecular weight excluding hydrogens is 506 g/mol. The third kappa shape index (κ3) is 6.97. The molecule has 0 atom stereocenters. The lowest BCUT2D eigenvalue weighted by Crippen LogP contribution is -2.56. The highest BCUT2D eigenvalue weighted by Gasteiger charge is 2.42. The summed E-state index contributed by atoms with van der Waals surface area (Å²) in [5.41, 5.74) is 2.33. The van der Waals surface area contributed by atoms with E-state index in [9.17, 15) is 0 Å². The van der Waals surface area contributed by atoms with Crippen molar-refractivity contribution in [2.45, 2.75) is 130 Å². The number of likely N-dealkylation sites (N-methyl/N-ethyl adjacent to an activating group) is 2. The van der Waals surface area contributed by atoms with Crippen molar-refractivity contribution in [3.8, 4) is 0 Å². The Morgan fingerprint density at radius 1 is 0.692 bits per heavy atom. The fourth-order valence-electron chi connectivity index (χ4n) is 6.09. The first-order valence-corrected chi connectivity index (χ1v) is 15.2. The molecule has 0 aromatic carbocycles. The first kappa shape index (κ1) is 31.8. The number of rotatable bonds is 10. The van der Waals surface area contributed by atoms with Crippen LogP contribution in [0.3, 0.4) is 0 Å². The van der Waals surface area contributed by atoms with Crippen molar-refractivity contribution in [3.63, 3.8) is 0 Å². The summed E-state index contributed by atoms with van der Waals surface area (Å²) in [6, 6.07) is 0. The molecule has 2 aliphatic rings. The van der Waals surface area contributed by atoms with E-state index < -0.39 is 0 Å². The smallest absolute Gasteiger partial charge is 0.235 e. The molecule has 3 heterocycles. The molecule has 0 bridgehead atoms. The summed E-state index contributed by atoms with van der Waals surface area (Å²) in [7, 11) is 4.43. The molecule has 1 aromatic heterocycles. The van der Waals surface area contributed by atoms with Crippen LogP contribution in [0.25, 0.3) is 0 Å². The number of halogens is 1. The number of aromatic nitrogens is 3. The molecule has 0 radical (unpaired) electrons. The zero-order valence-electron chi connectivity index (χ0n) is 26.8. The molecule has 0 N–H and O–H groups in total. The zero-order chi connectivity index (χ0) is 29.4. The fourth-order valence-corrected chi connectivity index (χ4v) is 6.24. The molecule has 0 fully saturated rings. The van der Waals surface area contributed by atoms with Gasteiger partial charge in [0.2, 0.25) is 17.2 Å². The fraction of sp³-hybridized carbons (Fsp3) is 0.774. The Kier molecular flexibility index (Phi) is 9.51. The van der Waals surface area contributed by atoms with Crippen molar-refractivity contribution in [3.05, 3.63) is 28.8 Å². The van der Waals surface area contributed by atoms with Crippen molar-refractivity contribution < 1.29 is 0 Å². The van der Waals surface area contributed by atoms with Crippen LogP contribution in [-0.4, -0.2) is 74.1 Å². The summed E-state index contributed by atoms with van der Waals surface area (Å²) in [6.45, 7) is 24.5. The van der Waals surface area contributed by atoms with Gasteiger partial charge in [-0.2, -0.15) is 15.0 Å². The number of anilines is 2. The van der Waals surface area contributed by atoms with E-state index in [0.717, 1.165) is 51.6 Å². The molecule has 220 valence electrons. The lowest BCUT2D eigenvalue weighted by atomic mass is 9.83. The third-order valence-corrected chi connectivity index (χ3v) is 9.21. The van der Waals surface area contributed by atoms with E-state index in [4.69, 9.17) is 26.6 Å². The van der Waals surface area contributed by atoms with Crippen LogP contribution in [-0.2, 0) is 0 Å². The van der Waals surface area contributed by atoms with Gasteiger partial charge in [0.05, 0.1) is 0 Å². The van der Waals surface area contributed by atoms with E-state index in [1.165, 1.54) is 11.4 Å². The molecule has 3 rings (SSSR count). The van der Waals surface area contributed by atoms with E-state index >= 15 is 0 Å². The Balaban J connectivity index is 2.13. The molecule has 2 aliphatic heterocycles. The molecule has 1 aromatic rings. The number of nitrogens with zero attached hydrogens (tertiary/aromatic N) is 7. The normalized spacial score (nSPS) is 22.3. The standard InChI is InChI=1S/C31H54ClN7/c1-13-15-17-38(23-19-28(3,4)36(11)29(5,6)20-23)26-33-25(32)34-27(35-26)39(18-16-14-2)24-21-30(7,8)37(12)31(9,10)22-24/h19,21H,13-18,20,22H2,1-12H3. The predicted octanol–water partition coefficient (Wildman–Crippen LogP) is 7.29. The number of hydrogen-bond donors (Lipinski definition) is 0. The molecule has 0 saturated heterocycles. The predicted molar refractivity (Wildman–Crippen MR) is 167 cm³/mol. The van der Waals surface area contributed by atoms with Crippen molar-refractivity contribution in [2.75, 3.05) is 37.0 Å². The average Bonchev–Trinajstić information content (AvgIpc) is 2.80. The van der Waals surface area contributed by atoms with Crippen molar-refractivity contribution in [1.29, 1.82) is 0 Å². The Labute approximate surface area is 243 Å². The minimum atomic E-state index is -0.0928. The molecule has 0 aliphatic carbocycles. The Morgan fingerprint density at radius 3 is 1.36 bits per heavy atom. The number of hydrogen-bond acceptors (Lipinski definition) is 7. The first-order valence-electron chi connectivity index (χ1n) is 14.8. The average molecular weight is 560 g/mol. The summed E-state index contributed by atoms with van der Waals surface area (Å²) in [4.78, 5) is 24.1. The lowest BCUT2D eigenvalue weighted by Gasteiger charge is -2.51. The Hall–Kier alpha value is -1.70. The van der Waals surface area contributed by atoms with Crippen LogP contribution in [0.2, 0.25) is 5.28 Å². The van der Waals surface area contributed by atoms with Crippen LogP contribution in [0.15, 0.2) is 23.5 Å². The highest BCUT2D eigenvalue weighted by molar-refractivity contribution is 6.28. The molecule has 7 nitrogen and oxygen atoms in total. The van der Waals surface area contributed by atoms with Gasteiger partial charge in [-0.25, -0.2) is 0 Å². The zero-order valence-corrected chi connectivity index (χ0v) is 27.6. The van der Waals surface area contributed by atoms with Crippen LogP contribution in [0.4, 0.5) is 11.9 Å². The van der Waals surface area contributed by atoms with Gasteiger partial charge >= 0.3 is 0 Å². The van der Waals surface area contributed by atoms with Gasteiger partial charge in [-0.15, -0.1) is 0 Å². The highest BCUT2D eigenvalue weighted by atomic mass is 35.5. The largest absolute Gasteiger partial charge is 0.314 e. The monoisotopic (exact) mass is 559 g/mol. The van der Waals surface area contributed by atoms with Gasteiger partial charge in [-0.3, -0.25) is 9.80 Å². The Morgan fingerprint density at radius 2 is 1.05 bits per heavy atom. The second kappa shape index (κ2) is 11.7. The maximum atomic E-state index is 6.68. The second-order valence-corrected chi connectivity index (χ2v) is 14.2. The summed E-state index contributed by atoms with van der Waals surface area (Å²) in [5.74, 6) is 1.30. The van der Waals surface area contributed by atoms with Crippen molar-refractivity contribution in [1.82, 2.24) is 24.8 Å². The Bertz CT molecular complexity index is 992. The quantitative estimate of drug-likeness (QED) is 0.298. The van der Waals surface area contributed by atoms with Gasteiger partial charge in [-0.1, -0.05) is 26.7 Å². The maximum absolute atomic E-state index is 6.68. The minimum absolute atomic E-state index is 0.000958. The van der Waals surface area contributed by atoms with Gasteiger partial charge in [0.15, 0.2) is 0 Å². The van der Waals surface area contributed by atoms with Crippen LogP contribution < -0.4 is 9.80 Å². The number of unbranched alkanes of at least 4 members (excludes halogenated alkanes) is 2. The first-order chi connectivity index (χ1) is 17.9. The van der Waals surface area contributed by atoms with Crippen molar-refractivity contribution in [2.24, 2.45) is 0 Å². The topological polar surface area (TPSA) is 51.6 Å². The van der Waals surface area contributed by atoms with Crippen LogP contribution in [0.1, 0.15) is 108 Å². The van der Waals surface area contributed by atoms with Crippen molar-refractivity contribution >= 4 is 23.5 Å². The molecule has 0 unspecified atom stereocenters. The van der Waals surface area contributed by atoms with Crippen LogP contribution in [0, 0.1) is 0 Å². The molecule has 0 amide bonds. The van der Waals surface area contributed by atoms with Gasteiger partial charge in [-0.05, 0) is 106 Å². The van der Waals surface area contributed by atoms with Gasteiger partial charge in [0.1, 0.15) is 0 Å². The molecule has 8 heteroatoms. The van der Waals surface area contributed by atoms with Gasteiger partial charge in [0.25, 0.3) is 0 Å². The van der Waals surface area contributed by atoms with E-state index in [-0.39, 0.29) is 27.4 Å². The van der Waals surface area contributed by atoms with E-state index in [1.54, 1.807) is 0 Å². The lowest BCUT2D eigenvalue weighted by molar-refractivity contribution is 0.0609.